The van der Waals surface area contributed by atoms with Crippen molar-refractivity contribution in [2.45, 2.75) is 36.6 Å². The average Bonchev–Trinajstić information content (AvgIpc) is 2.81. The van der Waals surface area contributed by atoms with Crippen LogP contribution in [-0.4, -0.2) is 17.7 Å². The van der Waals surface area contributed by atoms with Crippen LogP contribution in [0.1, 0.15) is 25.7 Å². The molecule has 0 saturated heterocycles. The fraction of sp³-hybridized carbons (Fsp3) is 0.462. The van der Waals surface area contributed by atoms with Crippen LogP contribution in [0.2, 0.25) is 5.02 Å². The van der Waals surface area contributed by atoms with E-state index in [-0.39, 0.29) is 5.91 Å². The Labute approximate surface area is 116 Å². The van der Waals surface area contributed by atoms with Crippen LogP contribution in [0.4, 0.5) is 5.69 Å². The van der Waals surface area contributed by atoms with Crippen molar-refractivity contribution in [1.29, 1.82) is 0 Å². The Morgan fingerprint density at radius 3 is 2.83 bits per heavy atom. The molecule has 3 nitrogen and oxygen atoms in total. The van der Waals surface area contributed by atoms with Gasteiger partial charge in [-0.05, 0) is 25.0 Å². The van der Waals surface area contributed by atoms with E-state index in [1.807, 2.05) is 0 Å². The number of nitrogens with one attached hydrogen (secondary N) is 1. The quantitative estimate of drug-likeness (QED) is 0.660. The summed E-state index contributed by atoms with van der Waals surface area (Å²) in [6.07, 6.45) is 4.64. The molecule has 1 amide bonds. The maximum absolute atomic E-state index is 11.8. The number of amides is 1. The van der Waals surface area contributed by atoms with Gasteiger partial charge in [-0.2, -0.15) is 0 Å². The SMILES string of the molecule is Nc1cccc(Cl)c1SCC(=O)NC1CCCC1. The number of carbonyl (C=O) groups excluding carboxylic acids is 1. The molecule has 1 saturated carbocycles. The van der Waals surface area contributed by atoms with Gasteiger partial charge >= 0.3 is 0 Å². The van der Waals surface area contributed by atoms with Crippen LogP contribution in [0.15, 0.2) is 23.1 Å². The number of rotatable bonds is 4. The fourth-order valence-electron chi connectivity index (χ4n) is 2.16. The molecule has 0 spiro atoms. The van der Waals surface area contributed by atoms with E-state index in [9.17, 15) is 4.79 Å². The van der Waals surface area contributed by atoms with E-state index in [1.165, 1.54) is 24.6 Å². The Morgan fingerprint density at radius 2 is 2.17 bits per heavy atom. The molecule has 5 heteroatoms. The number of nitrogen functional groups attached to an aromatic ring is 1. The Balaban J connectivity index is 1.85. The molecule has 2 rings (SSSR count). The maximum atomic E-state index is 11.8. The van der Waals surface area contributed by atoms with Crippen molar-refractivity contribution in [1.82, 2.24) is 5.32 Å². The molecule has 3 N–H and O–H groups in total. The van der Waals surface area contributed by atoms with Gasteiger partial charge in [0.15, 0.2) is 0 Å². The van der Waals surface area contributed by atoms with Gasteiger partial charge in [0, 0.05) is 16.6 Å². The third-order valence-corrected chi connectivity index (χ3v) is 4.64. The molecule has 1 fully saturated rings. The van der Waals surface area contributed by atoms with Gasteiger partial charge in [-0.1, -0.05) is 30.5 Å². The Bertz CT molecular complexity index is 413. The maximum Gasteiger partial charge on any atom is 0.230 e. The molecule has 0 aliphatic heterocycles. The van der Waals surface area contributed by atoms with Gasteiger partial charge in [0.2, 0.25) is 5.91 Å². The predicted molar refractivity (Wildman–Crippen MR) is 77.0 cm³/mol. The molecule has 0 bridgehead atoms. The standard InChI is InChI=1S/C13H17ClN2OS/c14-10-6-3-7-11(15)13(10)18-8-12(17)16-9-4-1-2-5-9/h3,6-7,9H,1-2,4-5,8,15H2,(H,16,17). The second-order valence-electron chi connectivity index (χ2n) is 4.50. The zero-order chi connectivity index (χ0) is 13.0. The molecular formula is C13H17ClN2OS. The number of carbonyl (C=O) groups is 1. The minimum Gasteiger partial charge on any atom is -0.398 e. The molecule has 0 unspecified atom stereocenters. The molecule has 0 radical (unpaired) electrons. The van der Waals surface area contributed by atoms with E-state index < -0.39 is 0 Å². The van der Waals surface area contributed by atoms with Crippen molar-refractivity contribution >= 4 is 35.0 Å². The summed E-state index contributed by atoms with van der Waals surface area (Å²) in [6.45, 7) is 0. The third-order valence-electron chi connectivity index (χ3n) is 3.07. The number of halogens is 1. The largest absolute Gasteiger partial charge is 0.398 e. The summed E-state index contributed by atoms with van der Waals surface area (Å²) in [5.74, 6) is 0.427. The zero-order valence-electron chi connectivity index (χ0n) is 10.1. The minimum atomic E-state index is 0.0613. The van der Waals surface area contributed by atoms with Crippen LogP contribution >= 0.6 is 23.4 Å². The second kappa shape index (κ2) is 6.34. The van der Waals surface area contributed by atoms with E-state index in [0.29, 0.717) is 22.5 Å². The highest BCUT2D eigenvalue weighted by molar-refractivity contribution is 8.00. The summed E-state index contributed by atoms with van der Waals surface area (Å²) >= 11 is 7.45. The summed E-state index contributed by atoms with van der Waals surface area (Å²) in [6, 6.07) is 5.75. The monoisotopic (exact) mass is 284 g/mol. The lowest BCUT2D eigenvalue weighted by molar-refractivity contribution is -0.119. The Morgan fingerprint density at radius 1 is 1.44 bits per heavy atom. The molecule has 98 valence electrons. The first-order chi connectivity index (χ1) is 8.66. The van der Waals surface area contributed by atoms with Gasteiger partial charge < -0.3 is 11.1 Å². The van der Waals surface area contributed by atoms with Crippen LogP contribution < -0.4 is 11.1 Å². The minimum absolute atomic E-state index is 0.0613. The third kappa shape index (κ3) is 3.56. The van der Waals surface area contributed by atoms with Crippen LogP contribution in [0.5, 0.6) is 0 Å². The Hall–Kier alpha value is -0.870. The topological polar surface area (TPSA) is 55.1 Å². The van der Waals surface area contributed by atoms with Crippen LogP contribution in [0, 0.1) is 0 Å². The van der Waals surface area contributed by atoms with Crippen molar-refractivity contribution in [3.05, 3.63) is 23.2 Å². The van der Waals surface area contributed by atoms with Crippen LogP contribution in [0.25, 0.3) is 0 Å². The molecule has 1 aliphatic rings. The molecular weight excluding hydrogens is 268 g/mol. The van der Waals surface area contributed by atoms with Gasteiger partial charge in [0.1, 0.15) is 0 Å². The van der Waals surface area contributed by atoms with Crippen LogP contribution in [0.3, 0.4) is 0 Å². The highest BCUT2D eigenvalue weighted by Crippen LogP contribution is 2.32. The number of benzene rings is 1. The van der Waals surface area contributed by atoms with Crippen molar-refractivity contribution in [3.8, 4) is 0 Å². The van der Waals surface area contributed by atoms with Crippen molar-refractivity contribution in [3.63, 3.8) is 0 Å². The van der Waals surface area contributed by atoms with Gasteiger partial charge in [-0.25, -0.2) is 0 Å². The number of nitrogens with two attached hydrogens (primary N) is 1. The lowest BCUT2D eigenvalue weighted by atomic mass is 10.2. The second-order valence-corrected chi connectivity index (χ2v) is 5.89. The van der Waals surface area contributed by atoms with E-state index in [1.54, 1.807) is 18.2 Å². The van der Waals surface area contributed by atoms with E-state index >= 15 is 0 Å². The smallest absolute Gasteiger partial charge is 0.230 e. The number of hydrogen-bond donors (Lipinski definition) is 2. The summed E-state index contributed by atoms with van der Waals surface area (Å²) in [5.41, 5.74) is 6.46. The number of hydrogen-bond acceptors (Lipinski definition) is 3. The highest BCUT2D eigenvalue weighted by atomic mass is 35.5. The van der Waals surface area contributed by atoms with Crippen molar-refractivity contribution in [2.75, 3.05) is 11.5 Å². The zero-order valence-corrected chi connectivity index (χ0v) is 11.7. The van der Waals surface area contributed by atoms with Crippen molar-refractivity contribution < 1.29 is 4.79 Å². The molecule has 0 atom stereocenters. The van der Waals surface area contributed by atoms with E-state index in [2.05, 4.69) is 5.32 Å². The summed E-state index contributed by atoms with van der Waals surface area (Å²) in [5, 5.41) is 3.65. The first kappa shape index (κ1) is 13.6. The first-order valence-corrected chi connectivity index (χ1v) is 7.49. The van der Waals surface area contributed by atoms with Gasteiger partial charge in [0.05, 0.1) is 10.8 Å². The van der Waals surface area contributed by atoms with Gasteiger partial charge in [0.25, 0.3) is 0 Å². The first-order valence-electron chi connectivity index (χ1n) is 6.13. The highest BCUT2D eigenvalue weighted by Gasteiger charge is 2.17. The lowest BCUT2D eigenvalue weighted by Gasteiger charge is -2.12. The van der Waals surface area contributed by atoms with Crippen molar-refractivity contribution in [2.24, 2.45) is 0 Å². The van der Waals surface area contributed by atoms with Gasteiger partial charge in [-0.15, -0.1) is 11.8 Å². The molecule has 1 aliphatic carbocycles. The average molecular weight is 285 g/mol. The summed E-state index contributed by atoms with van der Waals surface area (Å²) in [7, 11) is 0. The normalized spacial score (nSPS) is 15.8. The number of thioether (sulfide) groups is 1. The molecule has 0 aromatic heterocycles. The number of anilines is 1. The molecule has 18 heavy (non-hydrogen) atoms. The van der Waals surface area contributed by atoms with Crippen LogP contribution in [-0.2, 0) is 4.79 Å². The Kier molecular flexibility index (Phi) is 4.78. The molecule has 0 heterocycles. The summed E-state index contributed by atoms with van der Waals surface area (Å²) in [4.78, 5) is 12.6. The van der Waals surface area contributed by atoms with E-state index in [0.717, 1.165) is 17.7 Å². The molecule has 1 aromatic carbocycles. The summed E-state index contributed by atoms with van der Waals surface area (Å²) < 4.78 is 0. The van der Waals surface area contributed by atoms with E-state index in [4.69, 9.17) is 17.3 Å². The predicted octanol–water partition coefficient (Wildman–Crippen LogP) is 3.07. The lowest BCUT2D eigenvalue weighted by Crippen LogP contribution is -2.33. The van der Waals surface area contributed by atoms with Gasteiger partial charge in [-0.3, -0.25) is 4.79 Å². The fourth-order valence-corrected chi connectivity index (χ4v) is 3.30. The molecule has 1 aromatic rings.